The van der Waals surface area contributed by atoms with Crippen molar-refractivity contribution < 1.29 is 17.9 Å². The van der Waals surface area contributed by atoms with Gasteiger partial charge in [0.25, 0.3) is 0 Å². The van der Waals surface area contributed by atoms with Gasteiger partial charge in [0.2, 0.25) is 0 Å². The van der Waals surface area contributed by atoms with Crippen LogP contribution in [0.5, 0.6) is 0 Å². The minimum atomic E-state index is -4.31. The summed E-state index contributed by atoms with van der Waals surface area (Å²) in [6.07, 6.45) is -4.31. The van der Waals surface area contributed by atoms with Crippen molar-refractivity contribution in [2.75, 3.05) is 13.7 Å². The fourth-order valence-corrected chi connectivity index (χ4v) is 3.30. The number of ether oxygens (including phenoxy) is 1. The Bertz CT molecular complexity index is 780. The molecule has 0 atom stereocenters. The molecule has 0 aliphatic carbocycles. The normalized spacial score (nSPS) is 11.9. The van der Waals surface area contributed by atoms with Crippen molar-refractivity contribution in [2.45, 2.75) is 39.7 Å². The summed E-state index contributed by atoms with van der Waals surface area (Å²) in [5.41, 5.74) is 2.63. The highest BCUT2D eigenvalue weighted by Crippen LogP contribution is 2.17. The molecule has 0 aliphatic rings. The number of hydrogen-bond donors (Lipinski definition) is 2. The summed E-state index contributed by atoms with van der Waals surface area (Å²) in [6, 6.07) is 7.24. The van der Waals surface area contributed by atoms with E-state index in [-0.39, 0.29) is 30.6 Å². The van der Waals surface area contributed by atoms with Crippen LogP contribution in [-0.4, -0.2) is 30.8 Å². The molecule has 0 bridgehead atoms. The lowest BCUT2D eigenvalue weighted by Crippen LogP contribution is -2.36. The zero-order chi connectivity index (χ0) is 19.9. The molecular formula is C18H24F3IN4OS. The van der Waals surface area contributed by atoms with Crippen LogP contribution in [0.15, 0.2) is 29.3 Å². The second-order valence-electron chi connectivity index (χ2n) is 5.95. The quantitative estimate of drug-likeness (QED) is 0.320. The van der Waals surface area contributed by atoms with Crippen LogP contribution in [0, 0.1) is 13.8 Å². The molecule has 28 heavy (non-hydrogen) atoms. The van der Waals surface area contributed by atoms with Gasteiger partial charge in [0.1, 0.15) is 6.61 Å². The Morgan fingerprint density at radius 3 is 2.46 bits per heavy atom. The number of nitrogens with zero attached hydrogens (tertiary/aromatic N) is 2. The first-order valence-corrected chi connectivity index (χ1v) is 9.18. The smallest absolute Gasteiger partial charge is 0.367 e. The lowest BCUT2D eigenvalue weighted by Gasteiger charge is -2.12. The fourth-order valence-electron chi connectivity index (χ4n) is 2.42. The highest BCUT2D eigenvalue weighted by molar-refractivity contribution is 14.0. The second-order valence-corrected chi connectivity index (χ2v) is 7.24. The summed E-state index contributed by atoms with van der Waals surface area (Å²) in [7, 11) is 1.68. The van der Waals surface area contributed by atoms with E-state index >= 15 is 0 Å². The van der Waals surface area contributed by atoms with E-state index in [1.807, 2.05) is 26.0 Å². The van der Waals surface area contributed by atoms with E-state index in [9.17, 15) is 13.2 Å². The molecule has 5 nitrogen and oxygen atoms in total. The van der Waals surface area contributed by atoms with Gasteiger partial charge in [0.15, 0.2) is 5.96 Å². The Morgan fingerprint density at radius 1 is 1.18 bits per heavy atom. The van der Waals surface area contributed by atoms with Crippen LogP contribution in [0.25, 0.3) is 0 Å². The Kier molecular flexibility index (Phi) is 10.2. The maximum absolute atomic E-state index is 12.1. The lowest BCUT2D eigenvalue weighted by atomic mass is 10.1. The van der Waals surface area contributed by atoms with Crippen LogP contribution in [0.4, 0.5) is 13.2 Å². The van der Waals surface area contributed by atoms with Gasteiger partial charge in [-0.05, 0) is 25.0 Å². The summed E-state index contributed by atoms with van der Waals surface area (Å²) < 4.78 is 41.1. The molecule has 0 fully saturated rings. The lowest BCUT2D eigenvalue weighted by molar-refractivity contribution is -0.176. The van der Waals surface area contributed by atoms with Crippen molar-refractivity contribution in [1.29, 1.82) is 0 Å². The number of nitrogens with one attached hydrogen (secondary N) is 2. The standard InChI is InChI=1S/C18H23F3N4OS.HI/c1-12-16(27-13(2)25-12)9-24-17(22-3)23-8-14-5-4-6-15(7-14)10-26-11-18(19,20)21;/h4-7H,8-11H2,1-3H3,(H2,22,23,24);1H. The molecule has 0 aliphatic heterocycles. The molecule has 0 amide bonds. The van der Waals surface area contributed by atoms with E-state index in [0.29, 0.717) is 24.6 Å². The van der Waals surface area contributed by atoms with E-state index in [4.69, 9.17) is 4.74 Å². The van der Waals surface area contributed by atoms with Gasteiger partial charge >= 0.3 is 6.18 Å². The number of guanidine groups is 1. The molecule has 0 saturated carbocycles. The Balaban J connectivity index is 0.00000392. The van der Waals surface area contributed by atoms with E-state index in [1.54, 1.807) is 30.5 Å². The number of thiazole rings is 1. The van der Waals surface area contributed by atoms with Crippen molar-refractivity contribution in [3.8, 4) is 0 Å². The molecule has 156 valence electrons. The first kappa shape index (κ1) is 24.6. The van der Waals surface area contributed by atoms with Gasteiger partial charge in [-0.25, -0.2) is 4.98 Å². The molecular weight excluding hydrogens is 504 g/mol. The third-order valence-corrected chi connectivity index (χ3v) is 4.70. The second kappa shape index (κ2) is 11.6. The van der Waals surface area contributed by atoms with E-state index in [1.165, 1.54) is 0 Å². The van der Waals surface area contributed by atoms with Gasteiger partial charge in [-0.3, -0.25) is 4.99 Å². The third kappa shape index (κ3) is 8.74. The van der Waals surface area contributed by atoms with Crippen molar-refractivity contribution in [3.63, 3.8) is 0 Å². The first-order chi connectivity index (χ1) is 12.8. The summed E-state index contributed by atoms with van der Waals surface area (Å²) in [4.78, 5) is 9.73. The molecule has 2 rings (SSSR count). The molecule has 10 heteroatoms. The van der Waals surface area contributed by atoms with Crippen molar-refractivity contribution in [3.05, 3.63) is 51.0 Å². The van der Waals surface area contributed by atoms with Gasteiger partial charge in [-0.2, -0.15) is 13.2 Å². The number of benzene rings is 1. The maximum atomic E-state index is 12.1. The molecule has 0 saturated heterocycles. The summed E-state index contributed by atoms with van der Waals surface area (Å²) in [5, 5.41) is 7.45. The number of alkyl halides is 3. The molecule has 2 aromatic rings. The largest absolute Gasteiger partial charge is 0.411 e. The zero-order valence-electron chi connectivity index (χ0n) is 15.9. The third-order valence-electron chi connectivity index (χ3n) is 3.63. The molecule has 0 radical (unpaired) electrons. The van der Waals surface area contributed by atoms with Crippen molar-refractivity contribution in [1.82, 2.24) is 15.6 Å². The number of rotatable bonds is 7. The van der Waals surface area contributed by atoms with Gasteiger partial charge < -0.3 is 15.4 Å². The number of aromatic nitrogens is 1. The summed E-state index contributed by atoms with van der Waals surface area (Å²) in [5.74, 6) is 0.638. The number of aryl methyl sites for hydroxylation is 2. The van der Waals surface area contributed by atoms with Gasteiger partial charge in [-0.15, -0.1) is 35.3 Å². The minimum Gasteiger partial charge on any atom is -0.367 e. The molecule has 2 N–H and O–H groups in total. The van der Waals surface area contributed by atoms with E-state index < -0.39 is 12.8 Å². The minimum absolute atomic E-state index is 0. The first-order valence-electron chi connectivity index (χ1n) is 8.36. The topological polar surface area (TPSA) is 58.5 Å². The maximum Gasteiger partial charge on any atom is 0.411 e. The zero-order valence-corrected chi connectivity index (χ0v) is 19.0. The van der Waals surface area contributed by atoms with Crippen molar-refractivity contribution >= 4 is 41.3 Å². The fraction of sp³-hybridized carbons (Fsp3) is 0.444. The Morgan fingerprint density at radius 2 is 1.86 bits per heavy atom. The van der Waals surface area contributed by atoms with E-state index in [0.717, 1.165) is 21.1 Å². The van der Waals surface area contributed by atoms with Crippen molar-refractivity contribution in [2.24, 2.45) is 4.99 Å². The highest BCUT2D eigenvalue weighted by Gasteiger charge is 2.27. The number of halogens is 4. The van der Waals surface area contributed by atoms with E-state index in [2.05, 4.69) is 20.6 Å². The predicted molar refractivity (Wildman–Crippen MR) is 116 cm³/mol. The number of aliphatic imine (C=N–C) groups is 1. The van der Waals surface area contributed by atoms with Crippen LogP contribution < -0.4 is 10.6 Å². The van der Waals surface area contributed by atoms with Crippen LogP contribution in [0.1, 0.15) is 26.7 Å². The molecule has 1 heterocycles. The molecule has 1 aromatic heterocycles. The Labute approximate surface area is 183 Å². The molecule has 1 aromatic carbocycles. The monoisotopic (exact) mass is 528 g/mol. The van der Waals surface area contributed by atoms with Gasteiger partial charge in [0.05, 0.1) is 23.9 Å². The van der Waals surface area contributed by atoms with Gasteiger partial charge in [-0.1, -0.05) is 24.3 Å². The molecule has 0 spiro atoms. The summed E-state index contributed by atoms with van der Waals surface area (Å²) >= 11 is 1.64. The average molecular weight is 528 g/mol. The van der Waals surface area contributed by atoms with Gasteiger partial charge in [0, 0.05) is 18.5 Å². The Hall–Kier alpha value is -1.40. The average Bonchev–Trinajstić information content (AvgIpc) is 2.92. The SMILES string of the molecule is CN=C(NCc1cccc(COCC(F)(F)F)c1)NCc1sc(C)nc1C.I. The van der Waals surface area contributed by atoms with Crippen LogP contribution in [-0.2, 0) is 24.4 Å². The van der Waals surface area contributed by atoms with Crippen LogP contribution in [0.3, 0.4) is 0 Å². The molecule has 0 unspecified atom stereocenters. The predicted octanol–water partition coefficient (Wildman–Crippen LogP) is 4.32. The summed E-state index contributed by atoms with van der Waals surface area (Å²) in [6.45, 7) is 3.74. The van der Waals surface area contributed by atoms with Crippen LogP contribution >= 0.6 is 35.3 Å². The number of hydrogen-bond acceptors (Lipinski definition) is 4. The van der Waals surface area contributed by atoms with Crippen LogP contribution in [0.2, 0.25) is 0 Å². The highest BCUT2D eigenvalue weighted by atomic mass is 127.